The van der Waals surface area contributed by atoms with Gasteiger partial charge in [0, 0.05) is 0 Å². The van der Waals surface area contributed by atoms with Crippen LogP contribution in [-0.2, 0) is 0 Å². The molecule has 0 atom stereocenters. The van der Waals surface area contributed by atoms with Crippen LogP contribution >= 0.6 is 0 Å². The van der Waals surface area contributed by atoms with Crippen LogP contribution in [0.5, 0.6) is 5.75 Å². The summed E-state index contributed by atoms with van der Waals surface area (Å²) < 4.78 is 0. The van der Waals surface area contributed by atoms with Crippen LogP contribution in [0.15, 0.2) is 12.1 Å². The zero-order valence-corrected chi connectivity index (χ0v) is 11.0. The van der Waals surface area contributed by atoms with Crippen LogP contribution in [0.2, 0.25) is 0 Å². The molecule has 0 saturated heterocycles. The monoisotopic (exact) mass is 226 g/mol. The second-order valence-electron chi connectivity index (χ2n) is 2.78. The van der Waals surface area contributed by atoms with Gasteiger partial charge in [-0.2, -0.15) is 0 Å². The third-order valence-electron chi connectivity index (χ3n) is 1.68. The number of rotatable bonds is 1. The Bertz CT molecular complexity index is 330. The fraction of sp³-hybridized carbons (Fsp3) is 0.462. The Hall–Kier alpha value is -1.51. The van der Waals surface area contributed by atoms with Crippen molar-refractivity contribution in [3.63, 3.8) is 0 Å². The summed E-state index contributed by atoms with van der Waals surface area (Å²) in [4.78, 5) is 10.6. The summed E-state index contributed by atoms with van der Waals surface area (Å²) >= 11 is 0. The molecule has 0 aliphatic rings. The summed E-state index contributed by atoms with van der Waals surface area (Å²) in [5.74, 6) is -1.24. The summed E-state index contributed by atoms with van der Waals surface area (Å²) in [5.41, 5.74) is 1.39. The highest BCUT2D eigenvalue weighted by atomic mass is 16.4. The lowest BCUT2D eigenvalue weighted by Gasteiger charge is -2.04. The smallest absolute Gasteiger partial charge is 0.339 e. The maximum atomic E-state index is 10.6. The summed E-state index contributed by atoms with van der Waals surface area (Å²) in [7, 11) is 0. The minimum absolute atomic E-state index is 0.0347. The zero-order chi connectivity index (χ0) is 13.3. The van der Waals surface area contributed by atoms with Crippen molar-refractivity contribution in [1.82, 2.24) is 0 Å². The number of hydrogen-bond acceptors (Lipinski definition) is 2. The van der Waals surface area contributed by atoms with Gasteiger partial charge in [0.05, 0.1) is 0 Å². The molecule has 3 heteroatoms. The Kier molecular flexibility index (Phi) is 9.27. The van der Waals surface area contributed by atoms with E-state index in [0.717, 1.165) is 5.56 Å². The highest BCUT2D eigenvalue weighted by Gasteiger charge is 2.11. The number of aryl methyl sites for hydroxylation is 2. The zero-order valence-electron chi connectivity index (χ0n) is 11.0. The first kappa shape index (κ1) is 16.9. The van der Waals surface area contributed by atoms with Crippen molar-refractivity contribution < 1.29 is 15.0 Å². The molecule has 1 aromatic carbocycles. The van der Waals surface area contributed by atoms with Gasteiger partial charge in [-0.3, -0.25) is 0 Å². The highest BCUT2D eigenvalue weighted by Crippen LogP contribution is 2.23. The summed E-state index contributed by atoms with van der Waals surface area (Å²) in [5, 5.41) is 18.0. The Labute approximate surface area is 97.7 Å². The SMILES string of the molecule is CC.CC.Cc1cc(C)c(O)c(C(=O)O)c1. The number of carboxylic acid groups (broad SMARTS) is 1. The van der Waals surface area contributed by atoms with Crippen LogP contribution in [0.1, 0.15) is 49.2 Å². The Morgan fingerprint density at radius 2 is 1.50 bits per heavy atom. The normalized spacial score (nSPS) is 8.12. The lowest BCUT2D eigenvalue weighted by molar-refractivity contribution is 0.0693. The quantitative estimate of drug-likeness (QED) is 0.766. The van der Waals surface area contributed by atoms with Crippen molar-refractivity contribution in [3.8, 4) is 5.75 Å². The number of aromatic carboxylic acids is 1. The van der Waals surface area contributed by atoms with Gasteiger partial charge in [-0.15, -0.1) is 0 Å². The minimum Gasteiger partial charge on any atom is -0.507 e. The predicted octanol–water partition coefficient (Wildman–Crippen LogP) is 3.76. The minimum atomic E-state index is -1.10. The van der Waals surface area contributed by atoms with Gasteiger partial charge in [0.1, 0.15) is 11.3 Å². The van der Waals surface area contributed by atoms with Crippen molar-refractivity contribution in [2.24, 2.45) is 0 Å². The van der Waals surface area contributed by atoms with Crippen LogP contribution in [0.3, 0.4) is 0 Å². The third-order valence-corrected chi connectivity index (χ3v) is 1.68. The number of benzene rings is 1. The van der Waals surface area contributed by atoms with Crippen molar-refractivity contribution in [2.75, 3.05) is 0 Å². The molecule has 1 aromatic rings. The van der Waals surface area contributed by atoms with Gasteiger partial charge >= 0.3 is 5.97 Å². The lowest BCUT2D eigenvalue weighted by atomic mass is 10.1. The van der Waals surface area contributed by atoms with E-state index in [9.17, 15) is 9.90 Å². The molecular formula is C13H22O3. The van der Waals surface area contributed by atoms with Crippen LogP contribution < -0.4 is 0 Å². The molecule has 0 heterocycles. The molecule has 0 aromatic heterocycles. The Balaban J connectivity index is 0. The molecule has 2 N–H and O–H groups in total. The molecule has 0 unspecified atom stereocenters. The van der Waals surface area contributed by atoms with Crippen molar-refractivity contribution in [3.05, 3.63) is 28.8 Å². The van der Waals surface area contributed by atoms with Crippen molar-refractivity contribution in [2.45, 2.75) is 41.5 Å². The number of carbonyl (C=O) groups is 1. The van der Waals surface area contributed by atoms with E-state index in [0.29, 0.717) is 5.56 Å². The third kappa shape index (κ3) is 4.82. The van der Waals surface area contributed by atoms with E-state index in [1.54, 1.807) is 19.9 Å². The van der Waals surface area contributed by atoms with Gasteiger partial charge in [0.25, 0.3) is 0 Å². The molecule has 0 saturated carbocycles. The summed E-state index contributed by atoms with van der Waals surface area (Å²) in [6.07, 6.45) is 0. The molecule has 0 bridgehead atoms. The highest BCUT2D eigenvalue weighted by molar-refractivity contribution is 5.91. The fourth-order valence-electron chi connectivity index (χ4n) is 1.12. The largest absolute Gasteiger partial charge is 0.507 e. The number of aromatic hydroxyl groups is 1. The number of hydrogen-bond donors (Lipinski definition) is 2. The van der Waals surface area contributed by atoms with Crippen molar-refractivity contribution >= 4 is 5.97 Å². The van der Waals surface area contributed by atoms with Gasteiger partial charge in [-0.25, -0.2) is 4.79 Å². The van der Waals surface area contributed by atoms with Gasteiger partial charge in [-0.1, -0.05) is 33.8 Å². The van der Waals surface area contributed by atoms with E-state index >= 15 is 0 Å². The lowest BCUT2D eigenvalue weighted by Crippen LogP contribution is -1.98. The topological polar surface area (TPSA) is 57.5 Å². The summed E-state index contributed by atoms with van der Waals surface area (Å²) in [6.45, 7) is 11.5. The predicted molar refractivity (Wildman–Crippen MR) is 67.2 cm³/mol. The van der Waals surface area contributed by atoms with E-state index in [1.165, 1.54) is 6.07 Å². The van der Waals surface area contributed by atoms with Crippen LogP contribution in [0, 0.1) is 13.8 Å². The van der Waals surface area contributed by atoms with E-state index in [4.69, 9.17) is 5.11 Å². The molecule has 0 spiro atoms. The fourth-order valence-corrected chi connectivity index (χ4v) is 1.12. The standard InChI is InChI=1S/C9H10O3.2C2H6/c1-5-3-6(2)8(10)7(4-5)9(11)12;2*1-2/h3-4,10H,1-2H3,(H,11,12);2*1-2H3. The first-order valence-corrected chi connectivity index (χ1v) is 5.56. The van der Waals surface area contributed by atoms with Crippen LogP contribution in [-0.4, -0.2) is 16.2 Å². The van der Waals surface area contributed by atoms with E-state index in [-0.39, 0.29) is 11.3 Å². The van der Waals surface area contributed by atoms with E-state index in [1.807, 2.05) is 27.7 Å². The molecule has 3 nitrogen and oxygen atoms in total. The molecule has 16 heavy (non-hydrogen) atoms. The molecule has 0 radical (unpaired) electrons. The average molecular weight is 226 g/mol. The maximum Gasteiger partial charge on any atom is 0.339 e. The molecule has 92 valence electrons. The average Bonchev–Trinajstić information content (AvgIpc) is 2.28. The Morgan fingerprint density at radius 1 is 1.06 bits per heavy atom. The Morgan fingerprint density at radius 3 is 1.88 bits per heavy atom. The summed E-state index contributed by atoms with van der Waals surface area (Å²) in [6, 6.07) is 3.19. The van der Waals surface area contributed by atoms with Gasteiger partial charge in [0.2, 0.25) is 0 Å². The van der Waals surface area contributed by atoms with Gasteiger partial charge in [-0.05, 0) is 31.0 Å². The van der Waals surface area contributed by atoms with Gasteiger partial charge < -0.3 is 10.2 Å². The van der Waals surface area contributed by atoms with Crippen LogP contribution in [0.4, 0.5) is 0 Å². The van der Waals surface area contributed by atoms with Gasteiger partial charge in [0.15, 0.2) is 0 Å². The van der Waals surface area contributed by atoms with E-state index < -0.39 is 5.97 Å². The molecule has 0 aliphatic carbocycles. The molecular weight excluding hydrogens is 204 g/mol. The number of carboxylic acids is 1. The van der Waals surface area contributed by atoms with Crippen molar-refractivity contribution in [1.29, 1.82) is 0 Å². The second-order valence-corrected chi connectivity index (χ2v) is 2.78. The maximum absolute atomic E-state index is 10.6. The molecule has 1 rings (SSSR count). The van der Waals surface area contributed by atoms with E-state index in [2.05, 4.69) is 0 Å². The molecule has 0 aliphatic heterocycles. The second kappa shape index (κ2) is 8.77. The molecule has 0 fully saturated rings. The number of phenols is 1. The van der Waals surface area contributed by atoms with Crippen LogP contribution in [0.25, 0.3) is 0 Å². The molecule has 0 amide bonds. The first-order chi connectivity index (χ1) is 7.52. The first-order valence-electron chi connectivity index (χ1n) is 5.56.